The van der Waals surface area contributed by atoms with E-state index in [-0.39, 0.29) is 11.8 Å². The van der Waals surface area contributed by atoms with Gasteiger partial charge in [-0.2, -0.15) is 0 Å². The summed E-state index contributed by atoms with van der Waals surface area (Å²) in [5.74, 6) is 1.25. The van der Waals surface area contributed by atoms with Gasteiger partial charge in [-0.05, 0) is 46.3 Å². The lowest BCUT2D eigenvalue weighted by atomic mass is 10.1. The number of halogens is 1. The molecule has 4 rings (SSSR count). The Morgan fingerprint density at radius 2 is 1.97 bits per heavy atom. The molecule has 0 aliphatic carbocycles. The fourth-order valence-corrected chi connectivity index (χ4v) is 4.06. The molecule has 1 fully saturated rings. The number of carbonyl (C=O) groups is 2. The number of imidazole rings is 1. The van der Waals surface area contributed by atoms with E-state index in [9.17, 15) is 9.59 Å². The first-order valence-corrected chi connectivity index (χ1v) is 11.4. The molecule has 3 aromatic rings. The van der Waals surface area contributed by atoms with E-state index in [2.05, 4.69) is 41.1 Å². The second-order valence-electron chi connectivity index (χ2n) is 7.61. The van der Waals surface area contributed by atoms with Crippen molar-refractivity contribution in [2.75, 3.05) is 44.7 Å². The van der Waals surface area contributed by atoms with Gasteiger partial charge in [-0.25, -0.2) is 9.97 Å². The van der Waals surface area contributed by atoms with E-state index in [1.807, 2.05) is 23.1 Å². The number of hydrogen-bond acceptors (Lipinski definition) is 6. The third kappa shape index (κ3) is 5.51. The van der Waals surface area contributed by atoms with Crippen molar-refractivity contribution >= 4 is 33.6 Å². The Morgan fingerprint density at radius 3 is 2.64 bits per heavy atom. The monoisotopic (exact) mass is 512 g/mol. The molecule has 1 aliphatic heterocycles. The van der Waals surface area contributed by atoms with Gasteiger partial charge in [0.25, 0.3) is 11.8 Å². The van der Waals surface area contributed by atoms with Crippen molar-refractivity contribution < 1.29 is 14.3 Å². The van der Waals surface area contributed by atoms with Crippen LogP contribution in [-0.2, 0) is 6.42 Å². The molecule has 172 valence electrons. The molecule has 3 heterocycles. The first-order valence-electron chi connectivity index (χ1n) is 10.6. The molecule has 0 saturated carbocycles. The standard InChI is InChI=1S/C23H25BrN6O3/c1-33-18-3-4-20(24)19(12-18)23(32)30-10-8-29(9-11-30)21-5-2-16(13-27-21)22(31)26-7-6-17-14-25-15-28-17/h2-5,12-15H,6-11H2,1H3,(H,25,28)(H,26,31). The summed E-state index contributed by atoms with van der Waals surface area (Å²) in [6, 6.07) is 9.01. The van der Waals surface area contributed by atoms with Crippen LogP contribution >= 0.6 is 15.9 Å². The summed E-state index contributed by atoms with van der Waals surface area (Å²) in [5, 5.41) is 2.89. The molecular formula is C23H25BrN6O3. The maximum absolute atomic E-state index is 13.0. The van der Waals surface area contributed by atoms with Gasteiger partial charge in [0, 0.05) is 61.7 Å². The smallest absolute Gasteiger partial charge is 0.255 e. The van der Waals surface area contributed by atoms with Crippen LogP contribution in [0.1, 0.15) is 26.4 Å². The van der Waals surface area contributed by atoms with Crippen molar-refractivity contribution in [3.63, 3.8) is 0 Å². The lowest BCUT2D eigenvalue weighted by Gasteiger charge is -2.35. The summed E-state index contributed by atoms with van der Waals surface area (Å²) in [6.07, 6.45) is 5.64. The Labute approximate surface area is 200 Å². The summed E-state index contributed by atoms with van der Waals surface area (Å²) in [4.78, 5) is 40.7. The number of benzene rings is 1. The number of hydrogen-bond donors (Lipinski definition) is 2. The molecule has 0 bridgehead atoms. The Hall–Kier alpha value is -3.40. The topological polar surface area (TPSA) is 103 Å². The minimum Gasteiger partial charge on any atom is -0.497 e. The summed E-state index contributed by atoms with van der Waals surface area (Å²) in [7, 11) is 1.58. The number of methoxy groups -OCH3 is 1. The number of H-pyrrole nitrogens is 1. The first-order chi connectivity index (χ1) is 16.0. The van der Waals surface area contributed by atoms with Crippen molar-refractivity contribution in [2.45, 2.75) is 6.42 Å². The van der Waals surface area contributed by atoms with Gasteiger partial charge in [-0.15, -0.1) is 0 Å². The van der Waals surface area contributed by atoms with Gasteiger partial charge in [0.2, 0.25) is 0 Å². The number of rotatable bonds is 7. The van der Waals surface area contributed by atoms with Gasteiger partial charge < -0.3 is 24.8 Å². The number of carbonyl (C=O) groups excluding carboxylic acids is 2. The predicted molar refractivity (Wildman–Crippen MR) is 128 cm³/mol. The van der Waals surface area contributed by atoms with Gasteiger partial charge >= 0.3 is 0 Å². The lowest BCUT2D eigenvalue weighted by Crippen LogP contribution is -2.49. The van der Waals surface area contributed by atoms with Gasteiger partial charge in [-0.1, -0.05) is 0 Å². The molecule has 1 saturated heterocycles. The van der Waals surface area contributed by atoms with Crippen LogP contribution in [0.15, 0.2) is 53.5 Å². The van der Waals surface area contributed by atoms with E-state index in [1.54, 1.807) is 38.0 Å². The highest BCUT2D eigenvalue weighted by Crippen LogP contribution is 2.25. The molecule has 1 aliphatic rings. The van der Waals surface area contributed by atoms with Gasteiger partial charge in [0.1, 0.15) is 11.6 Å². The Bertz CT molecular complexity index is 1100. The van der Waals surface area contributed by atoms with E-state index >= 15 is 0 Å². The number of nitrogens with zero attached hydrogens (tertiary/aromatic N) is 4. The maximum Gasteiger partial charge on any atom is 0.255 e. The largest absolute Gasteiger partial charge is 0.497 e. The molecule has 1 aromatic carbocycles. The second kappa shape index (κ2) is 10.5. The van der Waals surface area contributed by atoms with Crippen LogP contribution in [0.2, 0.25) is 0 Å². The van der Waals surface area contributed by atoms with Crippen LogP contribution in [0.5, 0.6) is 5.75 Å². The molecule has 10 heteroatoms. The SMILES string of the molecule is COc1ccc(Br)c(C(=O)N2CCN(c3ccc(C(=O)NCCc4cnc[nH]4)cn3)CC2)c1. The van der Waals surface area contributed by atoms with E-state index < -0.39 is 0 Å². The molecule has 0 radical (unpaired) electrons. The van der Waals surface area contributed by atoms with Gasteiger partial charge in [-0.3, -0.25) is 9.59 Å². The van der Waals surface area contributed by atoms with Crippen LogP contribution in [-0.4, -0.2) is 71.5 Å². The Kier molecular flexibility index (Phi) is 7.23. The zero-order chi connectivity index (χ0) is 23.2. The van der Waals surface area contributed by atoms with Crippen LogP contribution in [0.25, 0.3) is 0 Å². The molecule has 0 atom stereocenters. The normalized spacial score (nSPS) is 13.6. The Balaban J connectivity index is 1.29. The lowest BCUT2D eigenvalue weighted by molar-refractivity contribution is 0.0745. The van der Waals surface area contributed by atoms with Crippen molar-refractivity contribution in [3.05, 3.63) is 70.3 Å². The van der Waals surface area contributed by atoms with E-state index in [4.69, 9.17) is 4.74 Å². The molecule has 0 unspecified atom stereocenters. The van der Waals surface area contributed by atoms with Gasteiger partial charge in [0.15, 0.2) is 0 Å². The highest BCUT2D eigenvalue weighted by atomic mass is 79.9. The van der Waals surface area contributed by atoms with E-state index in [1.165, 1.54) is 0 Å². The van der Waals surface area contributed by atoms with Crippen molar-refractivity contribution in [1.82, 2.24) is 25.2 Å². The summed E-state index contributed by atoms with van der Waals surface area (Å²) in [5.41, 5.74) is 2.07. The van der Waals surface area contributed by atoms with Gasteiger partial charge in [0.05, 0.1) is 24.6 Å². The average molecular weight is 513 g/mol. The number of nitrogens with one attached hydrogen (secondary N) is 2. The van der Waals surface area contributed by atoms with Crippen molar-refractivity contribution in [3.8, 4) is 5.75 Å². The highest BCUT2D eigenvalue weighted by molar-refractivity contribution is 9.10. The number of pyridine rings is 1. The molecule has 2 amide bonds. The molecule has 9 nitrogen and oxygen atoms in total. The van der Waals surface area contributed by atoms with E-state index in [0.717, 1.165) is 16.0 Å². The minimum atomic E-state index is -0.159. The van der Waals surface area contributed by atoms with Crippen molar-refractivity contribution in [2.24, 2.45) is 0 Å². The van der Waals surface area contributed by atoms with Crippen LogP contribution < -0.4 is 15.0 Å². The number of aromatic nitrogens is 3. The number of amides is 2. The second-order valence-corrected chi connectivity index (χ2v) is 8.47. The first kappa shape index (κ1) is 22.8. The fraction of sp³-hybridized carbons (Fsp3) is 0.304. The number of aromatic amines is 1. The molecular weight excluding hydrogens is 488 g/mol. The summed E-state index contributed by atoms with van der Waals surface area (Å²) < 4.78 is 5.99. The number of anilines is 1. The van der Waals surface area contributed by atoms with Crippen molar-refractivity contribution in [1.29, 1.82) is 0 Å². The number of ether oxygens (including phenoxy) is 1. The summed E-state index contributed by atoms with van der Waals surface area (Å²) in [6.45, 7) is 3.01. The third-order valence-corrected chi connectivity index (χ3v) is 6.23. The zero-order valence-corrected chi connectivity index (χ0v) is 19.8. The zero-order valence-electron chi connectivity index (χ0n) is 18.3. The van der Waals surface area contributed by atoms with Crippen LogP contribution in [0, 0.1) is 0 Å². The number of piperazine rings is 1. The predicted octanol–water partition coefficient (Wildman–Crippen LogP) is 2.51. The average Bonchev–Trinajstić information content (AvgIpc) is 3.38. The van der Waals surface area contributed by atoms with Crippen LogP contribution in [0.4, 0.5) is 5.82 Å². The fourth-order valence-electron chi connectivity index (χ4n) is 3.65. The molecule has 2 N–H and O–H groups in total. The molecule has 33 heavy (non-hydrogen) atoms. The van der Waals surface area contributed by atoms with Crippen LogP contribution in [0.3, 0.4) is 0 Å². The Morgan fingerprint density at radius 1 is 1.15 bits per heavy atom. The van der Waals surface area contributed by atoms with E-state index in [0.29, 0.717) is 56.0 Å². The molecule has 0 spiro atoms. The molecule has 2 aromatic heterocycles. The maximum atomic E-state index is 13.0. The highest BCUT2D eigenvalue weighted by Gasteiger charge is 2.24. The quantitative estimate of drug-likeness (QED) is 0.504. The minimum absolute atomic E-state index is 0.0319. The third-order valence-electron chi connectivity index (χ3n) is 5.54. The summed E-state index contributed by atoms with van der Waals surface area (Å²) >= 11 is 3.46.